The Morgan fingerprint density at radius 2 is 2.00 bits per heavy atom. The molecule has 0 fully saturated rings. The van der Waals surface area contributed by atoms with Crippen LogP contribution in [0.15, 0.2) is 33.6 Å². The number of aliphatic hydroxyl groups excluding tert-OH is 1. The molecular formula is C13H18N2O3S. The van der Waals surface area contributed by atoms with Crippen molar-refractivity contribution in [3.8, 4) is 0 Å². The molecule has 6 heteroatoms. The SMILES string of the molecule is CC(C)N(CCCO)C1=NS(=O)(=O)c2ccccc21. The van der Waals surface area contributed by atoms with Crippen LogP contribution in [0.2, 0.25) is 0 Å². The van der Waals surface area contributed by atoms with Crippen LogP contribution < -0.4 is 0 Å². The Kier molecular flexibility index (Phi) is 3.91. The highest BCUT2D eigenvalue weighted by molar-refractivity contribution is 7.90. The molecule has 0 aromatic heterocycles. The molecule has 0 bridgehead atoms. The fourth-order valence-electron chi connectivity index (χ4n) is 2.15. The van der Waals surface area contributed by atoms with Gasteiger partial charge >= 0.3 is 0 Å². The van der Waals surface area contributed by atoms with Crippen molar-refractivity contribution < 1.29 is 13.5 Å². The summed E-state index contributed by atoms with van der Waals surface area (Å²) in [6, 6.07) is 6.97. The standard InChI is InChI=1S/C13H18N2O3S/c1-10(2)15(8-5-9-16)13-11-6-3-4-7-12(11)19(17,18)14-13/h3-4,6-7,10,16H,5,8-9H2,1-2H3. The second-order valence-electron chi connectivity index (χ2n) is 4.75. The molecule has 0 radical (unpaired) electrons. The molecule has 0 spiro atoms. The Balaban J connectivity index is 2.44. The summed E-state index contributed by atoms with van der Waals surface area (Å²) in [5, 5.41) is 8.95. The molecule has 0 amide bonds. The zero-order chi connectivity index (χ0) is 14.0. The largest absolute Gasteiger partial charge is 0.396 e. The molecule has 5 nitrogen and oxygen atoms in total. The number of rotatable bonds is 4. The van der Waals surface area contributed by atoms with E-state index in [2.05, 4.69) is 4.40 Å². The van der Waals surface area contributed by atoms with Crippen molar-refractivity contribution >= 4 is 15.9 Å². The number of hydrogen-bond donors (Lipinski definition) is 1. The Bertz CT molecular complexity index is 594. The van der Waals surface area contributed by atoms with Crippen LogP contribution in [0, 0.1) is 0 Å². The molecule has 0 saturated carbocycles. The van der Waals surface area contributed by atoms with E-state index in [0.29, 0.717) is 24.4 Å². The predicted molar refractivity (Wildman–Crippen MR) is 73.7 cm³/mol. The molecule has 1 aromatic rings. The normalized spacial score (nSPS) is 16.3. The van der Waals surface area contributed by atoms with Gasteiger partial charge in [0, 0.05) is 24.8 Å². The zero-order valence-corrected chi connectivity index (χ0v) is 11.9. The van der Waals surface area contributed by atoms with Gasteiger partial charge in [0.2, 0.25) is 0 Å². The summed E-state index contributed by atoms with van der Waals surface area (Å²) in [6.45, 7) is 4.61. The van der Waals surface area contributed by atoms with Gasteiger partial charge in [-0.3, -0.25) is 0 Å². The number of amidine groups is 1. The molecule has 0 atom stereocenters. The summed E-state index contributed by atoms with van der Waals surface area (Å²) in [4.78, 5) is 2.18. The van der Waals surface area contributed by atoms with E-state index in [-0.39, 0.29) is 17.5 Å². The van der Waals surface area contributed by atoms with Gasteiger partial charge < -0.3 is 10.0 Å². The average molecular weight is 282 g/mol. The van der Waals surface area contributed by atoms with Crippen molar-refractivity contribution in [1.82, 2.24) is 4.90 Å². The fraction of sp³-hybridized carbons (Fsp3) is 0.462. The van der Waals surface area contributed by atoms with Gasteiger partial charge in [0.25, 0.3) is 10.0 Å². The van der Waals surface area contributed by atoms with Crippen molar-refractivity contribution in [3.63, 3.8) is 0 Å². The summed E-state index contributed by atoms with van der Waals surface area (Å²) in [7, 11) is -3.57. The lowest BCUT2D eigenvalue weighted by Gasteiger charge is -2.28. The molecule has 1 N–H and O–H groups in total. The van der Waals surface area contributed by atoms with Crippen molar-refractivity contribution in [2.24, 2.45) is 4.40 Å². The van der Waals surface area contributed by atoms with Crippen molar-refractivity contribution in [3.05, 3.63) is 29.8 Å². The lowest BCUT2D eigenvalue weighted by molar-refractivity contribution is 0.254. The van der Waals surface area contributed by atoms with Gasteiger partial charge in [0.05, 0.1) is 0 Å². The molecule has 0 saturated heterocycles. The van der Waals surface area contributed by atoms with E-state index in [0.717, 1.165) is 0 Å². The Morgan fingerprint density at radius 1 is 1.32 bits per heavy atom. The van der Waals surface area contributed by atoms with Crippen LogP contribution in [0.5, 0.6) is 0 Å². The highest BCUT2D eigenvalue weighted by Gasteiger charge is 2.32. The highest BCUT2D eigenvalue weighted by atomic mass is 32.2. The van der Waals surface area contributed by atoms with E-state index >= 15 is 0 Å². The zero-order valence-electron chi connectivity index (χ0n) is 11.1. The maximum absolute atomic E-state index is 12.0. The third kappa shape index (κ3) is 2.64. The van der Waals surface area contributed by atoms with Gasteiger partial charge in [-0.1, -0.05) is 12.1 Å². The molecule has 1 heterocycles. The van der Waals surface area contributed by atoms with E-state index in [1.807, 2.05) is 18.7 Å². The van der Waals surface area contributed by atoms with Gasteiger partial charge in [-0.25, -0.2) is 0 Å². The Labute approximate surface area is 113 Å². The molecule has 0 unspecified atom stereocenters. The van der Waals surface area contributed by atoms with Crippen LogP contribution in [0.3, 0.4) is 0 Å². The lowest BCUT2D eigenvalue weighted by atomic mass is 10.1. The quantitative estimate of drug-likeness (QED) is 0.901. The number of hydrogen-bond acceptors (Lipinski definition) is 4. The monoisotopic (exact) mass is 282 g/mol. The molecular weight excluding hydrogens is 264 g/mol. The lowest BCUT2D eigenvalue weighted by Crippen LogP contribution is -2.38. The third-order valence-electron chi connectivity index (χ3n) is 3.07. The van der Waals surface area contributed by atoms with Crippen LogP contribution in [0.4, 0.5) is 0 Å². The maximum Gasteiger partial charge on any atom is 0.285 e. The minimum absolute atomic E-state index is 0.0743. The topological polar surface area (TPSA) is 70.0 Å². The minimum atomic E-state index is -3.57. The third-order valence-corrected chi connectivity index (χ3v) is 4.39. The Hall–Kier alpha value is -1.40. The first kappa shape index (κ1) is 14.0. The van der Waals surface area contributed by atoms with Gasteiger partial charge in [-0.15, -0.1) is 4.40 Å². The van der Waals surface area contributed by atoms with E-state index in [1.165, 1.54) is 0 Å². The molecule has 19 heavy (non-hydrogen) atoms. The first-order valence-electron chi connectivity index (χ1n) is 6.29. The van der Waals surface area contributed by atoms with E-state index in [1.54, 1.807) is 24.3 Å². The van der Waals surface area contributed by atoms with Crippen LogP contribution in [-0.2, 0) is 10.0 Å². The molecule has 1 aliphatic rings. The molecule has 0 aliphatic carbocycles. The second-order valence-corrected chi connectivity index (χ2v) is 6.32. The van der Waals surface area contributed by atoms with Crippen molar-refractivity contribution in [2.75, 3.05) is 13.2 Å². The predicted octanol–water partition coefficient (Wildman–Crippen LogP) is 1.23. The van der Waals surface area contributed by atoms with Gasteiger partial charge in [-0.05, 0) is 32.4 Å². The van der Waals surface area contributed by atoms with Crippen molar-refractivity contribution in [2.45, 2.75) is 31.2 Å². The van der Waals surface area contributed by atoms with Gasteiger partial charge in [0.15, 0.2) is 5.84 Å². The van der Waals surface area contributed by atoms with Crippen LogP contribution >= 0.6 is 0 Å². The van der Waals surface area contributed by atoms with Gasteiger partial charge in [-0.2, -0.15) is 8.42 Å². The highest BCUT2D eigenvalue weighted by Crippen LogP contribution is 2.28. The number of sulfonamides is 1. The maximum atomic E-state index is 12.0. The molecule has 1 aromatic carbocycles. The summed E-state index contributed by atoms with van der Waals surface area (Å²) in [6.07, 6.45) is 0.583. The van der Waals surface area contributed by atoms with Gasteiger partial charge in [0.1, 0.15) is 4.90 Å². The molecule has 104 valence electrons. The number of benzene rings is 1. The van der Waals surface area contributed by atoms with E-state index < -0.39 is 10.0 Å². The van der Waals surface area contributed by atoms with E-state index in [4.69, 9.17) is 5.11 Å². The summed E-state index contributed by atoms with van der Waals surface area (Å²) >= 11 is 0. The second kappa shape index (κ2) is 5.30. The minimum Gasteiger partial charge on any atom is -0.396 e. The first-order chi connectivity index (χ1) is 8.97. The van der Waals surface area contributed by atoms with Crippen molar-refractivity contribution in [1.29, 1.82) is 0 Å². The van der Waals surface area contributed by atoms with Crippen LogP contribution in [0.1, 0.15) is 25.8 Å². The average Bonchev–Trinajstić information content (AvgIpc) is 2.63. The van der Waals surface area contributed by atoms with E-state index in [9.17, 15) is 8.42 Å². The Morgan fingerprint density at radius 3 is 2.63 bits per heavy atom. The number of fused-ring (bicyclic) bond motifs is 1. The fourth-order valence-corrected chi connectivity index (χ4v) is 3.36. The first-order valence-corrected chi connectivity index (χ1v) is 7.73. The number of aliphatic hydroxyl groups is 1. The van der Waals surface area contributed by atoms with Crippen LogP contribution in [-0.4, -0.2) is 43.5 Å². The molecule has 2 rings (SSSR count). The summed E-state index contributed by atoms with van der Waals surface area (Å²) < 4.78 is 27.9. The summed E-state index contributed by atoms with van der Waals surface area (Å²) in [5.41, 5.74) is 0.647. The molecule has 1 aliphatic heterocycles. The smallest absolute Gasteiger partial charge is 0.285 e. The number of nitrogens with zero attached hydrogens (tertiary/aromatic N) is 2. The summed E-state index contributed by atoms with van der Waals surface area (Å²) in [5.74, 6) is 0.485. The van der Waals surface area contributed by atoms with Crippen LogP contribution in [0.25, 0.3) is 0 Å².